The summed E-state index contributed by atoms with van der Waals surface area (Å²) >= 11 is 1.67. The predicted octanol–water partition coefficient (Wildman–Crippen LogP) is 3.65. The van der Waals surface area contributed by atoms with Crippen molar-refractivity contribution in [1.29, 1.82) is 0 Å². The molecule has 0 unspecified atom stereocenters. The second-order valence-electron chi connectivity index (χ2n) is 7.88. The maximum absolute atomic E-state index is 4.73. The van der Waals surface area contributed by atoms with Crippen LogP contribution in [0.4, 0.5) is 0 Å². The van der Waals surface area contributed by atoms with Crippen LogP contribution in [0.5, 0.6) is 0 Å². The van der Waals surface area contributed by atoms with Crippen LogP contribution in [0.2, 0.25) is 0 Å². The van der Waals surface area contributed by atoms with Gasteiger partial charge < -0.3 is 9.72 Å². The van der Waals surface area contributed by atoms with E-state index in [-0.39, 0.29) is 0 Å². The maximum atomic E-state index is 4.73. The fourth-order valence-corrected chi connectivity index (χ4v) is 4.14. The topological polar surface area (TPSA) is 72.9 Å². The van der Waals surface area contributed by atoms with Gasteiger partial charge in [0.05, 0.1) is 18.4 Å². The van der Waals surface area contributed by atoms with E-state index in [1.54, 1.807) is 11.8 Å². The Morgan fingerprint density at radius 2 is 2.10 bits per heavy atom. The smallest absolute Gasteiger partial charge is 0.137 e. The third kappa shape index (κ3) is 4.24. The largest absolute Gasteiger partial charge is 0.312 e. The summed E-state index contributed by atoms with van der Waals surface area (Å²) in [6, 6.07) is 6.31. The standard InChI is InChI=1S/C22H25N7S/c1-30-20-7-18(10-24-11-20)21-15-29(27-26-21)14-19-13-28-12-17(5-6-22(28)25-19)9-23-8-16-3-2-4-16/h5-7,10-13,15-16,23H,2-4,8-9,14H2,1H3. The van der Waals surface area contributed by atoms with Crippen LogP contribution < -0.4 is 5.32 Å². The maximum Gasteiger partial charge on any atom is 0.137 e. The fourth-order valence-electron chi connectivity index (χ4n) is 3.73. The van der Waals surface area contributed by atoms with Gasteiger partial charge in [-0.25, -0.2) is 9.67 Å². The molecule has 0 bridgehead atoms. The summed E-state index contributed by atoms with van der Waals surface area (Å²) in [6.45, 7) is 2.60. The molecule has 4 aromatic rings. The lowest BCUT2D eigenvalue weighted by Crippen LogP contribution is -2.26. The summed E-state index contributed by atoms with van der Waals surface area (Å²) in [4.78, 5) is 10.1. The minimum absolute atomic E-state index is 0.583. The third-order valence-electron chi connectivity index (χ3n) is 5.66. The first kappa shape index (κ1) is 19.3. The summed E-state index contributed by atoms with van der Waals surface area (Å²) in [6.07, 6.45) is 16.0. The van der Waals surface area contributed by atoms with Gasteiger partial charge in [0.25, 0.3) is 0 Å². The highest BCUT2D eigenvalue weighted by Gasteiger charge is 2.16. The van der Waals surface area contributed by atoms with E-state index in [2.05, 4.69) is 55.6 Å². The molecule has 4 heterocycles. The summed E-state index contributed by atoms with van der Waals surface area (Å²) in [5.41, 5.74) is 4.98. The lowest BCUT2D eigenvalue weighted by molar-refractivity contribution is 0.301. The summed E-state index contributed by atoms with van der Waals surface area (Å²) in [5, 5.41) is 12.2. The monoisotopic (exact) mass is 419 g/mol. The van der Waals surface area contributed by atoms with Crippen LogP contribution in [0.15, 0.2) is 54.1 Å². The van der Waals surface area contributed by atoms with E-state index in [4.69, 9.17) is 4.98 Å². The van der Waals surface area contributed by atoms with E-state index >= 15 is 0 Å². The van der Waals surface area contributed by atoms with Crippen LogP contribution in [-0.4, -0.2) is 42.2 Å². The fraction of sp³-hybridized carbons (Fsp3) is 0.364. The van der Waals surface area contributed by atoms with Crippen molar-refractivity contribution in [2.45, 2.75) is 37.2 Å². The van der Waals surface area contributed by atoms with Crippen molar-refractivity contribution in [3.8, 4) is 11.3 Å². The van der Waals surface area contributed by atoms with Crippen LogP contribution in [-0.2, 0) is 13.1 Å². The highest BCUT2D eigenvalue weighted by Crippen LogP contribution is 2.25. The van der Waals surface area contributed by atoms with Gasteiger partial charge in [-0.05, 0) is 49.3 Å². The molecule has 1 aliphatic rings. The van der Waals surface area contributed by atoms with E-state index in [1.165, 1.54) is 24.8 Å². The summed E-state index contributed by atoms with van der Waals surface area (Å²) in [5.74, 6) is 0.875. The molecule has 0 aliphatic heterocycles. The Morgan fingerprint density at radius 3 is 2.93 bits per heavy atom. The van der Waals surface area contributed by atoms with E-state index in [9.17, 15) is 0 Å². The van der Waals surface area contributed by atoms with Crippen molar-refractivity contribution < 1.29 is 0 Å². The normalized spacial score (nSPS) is 14.3. The Morgan fingerprint density at radius 1 is 1.17 bits per heavy atom. The van der Waals surface area contributed by atoms with Crippen LogP contribution in [0, 0.1) is 5.92 Å². The molecule has 7 nitrogen and oxygen atoms in total. The van der Waals surface area contributed by atoms with Crippen molar-refractivity contribution in [1.82, 2.24) is 34.7 Å². The van der Waals surface area contributed by atoms with Gasteiger partial charge in [0.1, 0.15) is 11.3 Å². The molecule has 5 rings (SSSR count). The van der Waals surface area contributed by atoms with Crippen molar-refractivity contribution >= 4 is 17.4 Å². The number of imidazole rings is 1. The zero-order valence-electron chi connectivity index (χ0n) is 17.0. The molecule has 1 fully saturated rings. The van der Waals surface area contributed by atoms with Crippen LogP contribution in [0.3, 0.4) is 0 Å². The van der Waals surface area contributed by atoms with Crippen LogP contribution >= 0.6 is 11.8 Å². The Bertz CT molecular complexity index is 1150. The molecule has 0 atom stereocenters. The number of pyridine rings is 2. The molecule has 8 heteroatoms. The van der Waals surface area contributed by atoms with E-state index in [1.807, 2.05) is 29.5 Å². The first-order valence-electron chi connectivity index (χ1n) is 10.3. The van der Waals surface area contributed by atoms with Crippen LogP contribution in [0.1, 0.15) is 30.5 Å². The highest BCUT2D eigenvalue weighted by molar-refractivity contribution is 7.98. The number of rotatable bonds is 8. The van der Waals surface area contributed by atoms with Gasteiger partial charge in [-0.15, -0.1) is 16.9 Å². The SMILES string of the molecule is CSc1cncc(-c2cn(Cc3cn4cc(CNCC5CCC5)ccc4n3)nn2)c1. The molecule has 1 N–H and O–H groups in total. The molecule has 0 saturated heterocycles. The van der Waals surface area contributed by atoms with Gasteiger partial charge in [-0.3, -0.25) is 4.98 Å². The van der Waals surface area contributed by atoms with Crippen molar-refractivity contribution in [2.24, 2.45) is 5.92 Å². The molecule has 1 aliphatic carbocycles. The number of nitrogens with zero attached hydrogens (tertiary/aromatic N) is 6. The lowest BCUT2D eigenvalue weighted by Gasteiger charge is -2.25. The minimum atomic E-state index is 0.583. The molecule has 30 heavy (non-hydrogen) atoms. The van der Waals surface area contributed by atoms with E-state index < -0.39 is 0 Å². The van der Waals surface area contributed by atoms with Gasteiger partial charge in [0, 0.05) is 41.8 Å². The predicted molar refractivity (Wildman–Crippen MR) is 118 cm³/mol. The van der Waals surface area contributed by atoms with Gasteiger partial charge in [0.2, 0.25) is 0 Å². The second kappa shape index (κ2) is 8.57. The zero-order chi connectivity index (χ0) is 20.3. The average molecular weight is 420 g/mol. The highest BCUT2D eigenvalue weighted by atomic mass is 32.2. The first-order chi connectivity index (χ1) is 14.8. The van der Waals surface area contributed by atoms with E-state index in [0.29, 0.717) is 6.54 Å². The molecule has 0 radical (unpaired) electrons. The van der Waals surface area contributed by atoms with Crippen LogP contribution in [0.25, 0.3) is 16.9 Å². The Balaban J connectivity index is 1.26. The Labute approximate surface area is 179 Å². The molecule has 0 spiro atoms. The third-order valence-corrected chi connectivity index (χ3v) is 6.35. The Kier molecular flexibility index (Phi) is 5.50. The molecule has 0 amide bonds. The molecule has 154 valence electrons. The number of hydrogen-bond donors (Lipinski definition) is 1. The van der Waals surface area contributed by atoms with E-state index in [0.717, 1.165) is 46.5 Å². The summed E-state index contributed by atoms with van der Waals surface area (Å²) in [7, 11) is 0. The van der Waals surface area contributed by atoms with Gasteiger partial charge >= 0.3 is 0 Å². The van der Waals surface area contributed by atoms with Crippen molar-refractivity contribution in [3.05, 3.63) is 60.4 Å². The Hall–Kier alpha value is -2.71. The molecule has 1 saturated carbocycles. The number of thioether (sulfide) groups is 1. The van der Waals surface area contributed by atoms with Gasteiger partial charge in [0.15, 0.2) is 0 Å². The number of hydrogen-bond acceptors (Lipinski definition) is 6. The second-order valence-corrected chi connectivity index (χ2v) is 8.76. The van der Waals surface area contributed by atoms with Crippen molar-refractivity contribution in [3.63, 3.8) is 0 Å². The van der Waals surface area contributed by atoms with Crippen molar-refractivity contribution in [2.75, 3.05) is 12.8 Å². The number of nitrogens with one attached hydrogen (secondary N) is 1. The molecule has 0 aromatic carbocycles. The average Bonchev–Trinajstić information content (AvgIpc) is 3.36. The zero-order valence-corrected chi connectivity index (χ0v) is 17.8. The molecule has 4 aromatic heterocycles. The van der Waals surface area contributed by atoms with Gasteiger partial charge in [-0.2, -0.15) is 0 Å². The molecular formula is C22H25N7S. The first-order valence-corrected chi connectivity index (χ1v) is 11.6. The van der Waals surface area contributed by atoms with Gasteiger partial charge in [-0.1, -0.05) is 17.7 Å². The minimum Gasteiger partial charge on any atom is -0.312 e. The molecular weight excluding hydrogens is 394 g/mol. The summed E-state index contributed by atoms with van der Waals surface area (Å²) < 4.78 is 3.92. The number of aromatic nitrogens is 6. The quantitative estimate of drug-likeness (QED) is 0.440. The lowest BCUT2D eigenvalue weighted by atomic mass is 9.85. The number of fused-ring (bicyclic) bond motifs is 1.